The van der Waals surface area contributed by atoms with Crippen molar-refractivity contribution < 1.29 is 14.5 Å². The van der Waals surface area contributed by atoms with Crippen LogP contribution in [-0.4, -0.2) is 26.2 Å². The summed E-state index contributed by atoms with van der Waals surface area (Å²) in [4.78, 5) is 27.4. The molecule has 0 radical (unpaired) electrons. The van der Waals surface area contributed by atoms with Crippen molar-refractivity contribution in [1.82, 2.24) is 14.9 Å². The smallest absolute Gasteiger partial charge is 0.408 e. The van der Waals surface area contributed by atoms with Gasteiger partial charge in [-0.2, -0.15) is 0 Å². The number of aromatic nitrogens is 2. The molecule has 0 aliphatic rings. The Morgan fingerprint density at radius 1 is 1.17 bits per heavy atom. The zero-order valence-corrected chi connectivity index (χ0v) is 17.1. The van der Waals surface area contributed by atoms with Gasteiger partial charge in [-0.3, -0.25) is 10.1 Å². The van der Waals surface area contributed by atoms with Gasteiger partial charge in [0.2, 0.25) is 0 Å². The molecule has 30 heavy (non-hydrogen) atoms. The second-order valence-corrected chi connectivity index (χ2v) is 7.82. The molecule has 8 nitrogen and oxygen atoms in total. The minimum Gasteiger partial charge on any atom is -0.444 e. The maximum absolute atomic E-state index is 12.5. The number of non-ortho nitro benzene ring substituents is 1. The summed E-state index contributed by atoms with van der Waals surface area (Å²) in [6.07, 6.45) is 3.35. The highest BCUT2D eigenvalue weighted by atomic mass is 16.6. The third-order valence-electron chi connectivity index (χ3n) is 4.29. The van der Waals surface area contributed by atoms with Gasteiger partial charge in [0, 0.05) is 36.6 Å². The van der Waals surface area contributed by atoms with Crippen LogP contribution in [0.2, 0.25) is 0 Å². The predicted octanol–water partition coefficient (Wildman–Crippen LogP) is 4.59. The first-order valence-electron chi connectivity index (χ1n) is 9.54. The number of hydrogen-bond acceptors (Lipinski definition) is 5. The molecule has 0 spiro atoms. The highest BCUT2D eigenvalue weighted by Crippen LogP contribution is 2.23. The standard InChI is InChI=1S/C22H24N4O4/c1-22(2,3)30-21(27)24-19(15-16-7-5-4-6-8-16)20-23-13-14-25(20)17-9-11-18(12-10-17)26(28)29/h4-14,19H,15H2,1-3H3,(H,24,27). The topological polar surface area (TPSA) is 99.3 Å². The normalized spacial score (nSPS) is 12.2. The van der Waals surface area contributed by atoms with E-state index in [9.17, 15) is 14.9 Å². The van der Waals surface area contributed by atoms with E-state index >= 15 is 0 Å². The van der Waals surface area contributed by atoms with Crippen molar-refractivity contribution in [2.24, 2.45) is 0 Å². The van der Waals surface area contributed by atoms with Gasteiger partial charge in [0.05, 0.1) is 11.0 Å². The first-order chi connectivity index (χ1) is 14.2. The minimum absolute atomic E-state index is 0.00753. The summed E-state index contributed by atoms with van der Waals surface area (Å²) in [5.74, 6) is 0.596. The number of nitro groups is 1. The van der Waals surface area contributed by atoms with E-state index in [0.717, 1.165) is 5.56 Å². The molecule has 2 aromatic carbocycles. The average molecular weight is 408 g/mol. The fourth-order valence-electron chi connectivity index (χ4n) is 3.03. The lowest BCUT2D eigenvalue weighted by molar-refractivity contribution is -0.384. The van der Waals surface area contributed by atoms with Gasteiger partial charge in [-0.15, -0.1) is 0 Å². The lowest BCUT2D eigenvalue weighted by Crippen LogP contribution is -2.36. The number of hydrogen-bond donors (Lipinski definition) is 1. The Morgan fingerprint density at radius 2 is 1.83 bits per heavy atom. The molecule has 0 saturated heterocycles. The summed E-state index contributed by atoms with van der Waals surface area (Å²) in [5.41, 5.74) is 1.11. The van der Waals surface area contributed by atoms with E-state index in [1.165, 1.54) is 12.1 Å². The molecular weight excluding hydrogens is 384 g/mol. The highest BCUT2D eigenvalue weighted by Gasteiger charge is 2.24. The summed E-state index contributed by atoms with van der Waals surface area (Å²) in [6.45, 7) is 5.41. The van der Waals surface area contributed by atoms with Gasteiger partial charge < -0.3 is 14.6 Å². The van der Waals surface area contributed by atoms with E-state index in [0.29, 0.717) is 17.9 Å². The first-order valence-corrected chi connectivity index (χ1v) is 9.54. The molecule has 1 unspecified atom stereocenters. The molecule has 0 fully saturated rings. The number of rotatable bonds is 6. The molecule has 156 valence electrons. The molecule has 1 aromatic heterocycles. The average Bonchev–Trinajstić information content (AvgIpc) is 3.16. The van der Waals surface area contributed by atoms with E-state index in [4.69, 9.17) is 4.74 Å². The number of alkyl carbamates (subject to hydrolysis) is 1. The number of nitrogens with zero attached hydrogens (tertiary/aromatic N) is 3. The molecule has 3 aromatic rings. The minimum atomic E-state index is -0.630. The van der Waals surface area contributed by atoms with E-state index in [2.05, 4.69) is 10.3 Å². The number of imidazole rings is 1. The summed E-state index contributed by atoms with van der Waals surface area (Å²) in [7, 11) is 0. The molecule has 1 atom stereocenters. The summed E-state index contributed by atoms with van der Waals surface area (Å²) >= 11 is 0. The van der Waals surface area contributed by atoms with Crippen molar-refractivity contribution in [3.63, 3.8) is 0 Å². The Morgan fingerprint density at radius 3 is 2.43 bits per heavy atom. The lowest BCUT2D eigenvalue weighted by atomic mass is 10.1. The van der Waals surface area contributed by atoms with Gasteiger partial charge in [0.25, 0.3) is 5.69 Å². The third-order valence-corrected chi connectivity index (χ3v) is 4.29. The van der Waals surface area contributed by atoms with Crippen LogP contribution in [0.4, 0.5) is 10.5 Å². The number of benzene rings is 2. The van der Waals surface area contributed by atoms with E-state index in [1.54, 1.807) is 49.9 Å². The third kappa shape index (κ3) is 5.44. The SMILES string of the molecule is CC(C)(C)OC(=O)NC(Cc1ccccc1)c1nccn1-c1ccc([N+](=O)[O-])cc1. The van der Waals surface area contributed by atoms with E-state index in [1.807, 2.05) is 30.3 Å². The van der Waals surface area contributed by atoms with E-state index in [-0.39, 0.29) is 5.69 Å². The Bertz CT molecular complexity index is 1010. The molecule has 3 rings (SSSR count). The molecule has 1 N–H and O–H groups in total. The quantitative estimate of drug-likeness (QED) is 0.475. The molecule has 8 heteroatoms. The van der Waals surface area contributed by atoms with Crippen molar-refractivity contribution in [3.8, 4) is 5.69 Å². The van der Waals surface area contributed by atoms with Crippen LogP contribution in [0, 0.1) is 10.1 Å². The first kappa shape index (κ1) is 21.0. The van der Waals surface area contributed by atoms with Gasteiger partial charge >= 0.3 is 6.09 Å². The second kappa shape index (κ2) is 8.77. The molecule has 0 aliphatic carbocycles. The van der Waals surface area contributed by atoms with Gasteiger partial charge in [-0.1, -0.05) is 30.3 Å². The monoisotopic (exact) mass is 408 g/mol. The van der Waals surface area contributed by atoms with Crippen molar-refractivity contribution in [3.05, 3.63) is 88.5 Å². The Labute approximate surface area is 174 Å². The number of amides is 1. The van der Waals surface area contributed by atoms with Gasteiger partial charge in [0.15, 0.2) is 0 Å². The largest absolute Gasteiger partial charge is 0.444 e. The molecule has 0 bridgehead atoms. The highest BCUT2D eigenvalue weighted by molar-refractivity contribution is 5.68. The van der Waals surface area contributed by atoms with Crippen molar-refractivity contribution >= 4 is 11.8 Å². The summed E-state index contributed by atoms with van der Waals surface area (Å²) in [6, 6.07) is 15.5. The maximum atomic E-state index is 12.5. The second-order valence-electron chi connectivity index (χ2n) is 7.82. The van der Waals surface area contributed by atoms with Crippen LogP contribution in [-0.2, 0) is 11.2 Å². The van der Waals surface area contributed by atoms with Crippen LogP contribution in [0.3, 0.4) is 0 Å². The Kier molecular flexibility index (Phi) is 6.15. The molecular formula is C22H24N4O4. The Balaban J connectivity index is 1.92. The van der Waals surface area contributed by atoms with Crippen molar-refractivity contribution in [1.29, 1.82) is 0 Å². The van der Waals surface area contributed by atoms with Crippen molar-refractivity contribution in [2.45, 2.75) is 38.8 Å². The molecule has 1 amide bonds. The van der Waals surface area contributed by atoms with Crippen LogP contribution in [0.25, 0.3) is 5.69 Å². The van der Waals surface area contributed by atoms with Crippen LogP contribution < -0.4 is 5.32 Å². The lowest BCUT2D eigenvalue weighted by Gasteiger charge is -2.24. The number of carbonyl (C=O) groups is 1. The van der Waals surface area contributed by atoms with Crippen LogP contribution in [0.15, 0.2) is 67.0 Å². The van der Waals surface area contributed by atoms with Crippen LogP contribution >= 0.6 is 0 Å². The van der Waals surface area contributed by atoms with E-state index < -0.39 is 22.7 Å². The number of carbonyl (C=O) groups excluding carboxylic acids is 1. The zero-order chi connectivity index (χ0) is 21.7. The van der Waals surface area contributed by atoms with Crippen LogP contribution in [0.1, 0.15) is 38.2 Å². The number of nitro benzene ring substituents is 1. The Hall–Kier alpha value is -3.68. The summed E-state index contributed by atoms with van der Waals surface area (Å²) < 4.78 is 7.23. The van der Waals surface area contributed by atoms with Crippen LogP contribution in [0.5, 0.6) is 0 Å². The van der Waals surface area contributed by atoms with Gasteiger partial charge in [-0.05, 0) is 38.5 Å². The maximum Gasteiger partial charge on any atom is 0.408 e. The fourth-order valence-corrected chi connectivity index (χ4v) is 3.03. The van der Waals surface area contributed by atoms with Crippen molar-refractivity contribution in [2.75, 3.05) is 0 Å². The fraction of sp³-hybridized carbons (Fsp3) is 0.273. The summed E-state index contributed by atoms with van der Waals surface area (Å²) in [5, 5.41) is 13.8. The molecule has 0 aliphatic heterocycles. The number of ether oxygens (including phenoxy) is 1. The van der Waals surface area contributed by atoms with Gasteiger partial charge in [0.1, 0.15) is 11.4 Å². The predicted molar refractivity (Wildman–Crippen MR) is 112 cm³/mol. The molecule has 1 heterocycles. The molecule has 0 saturated carbocycles. The van der Waals surface area contributed by atoms with Gasteiger partial charge in [-0.25, -0.2) is 9.78 Å². The zero-order valence-electron chi connectivity index (χ0n) is 17.1. The number of nitrogens with one attached hydrogen (secondary N) is 1.